The van der Waals surface area contributed by atoms with Crippen LogP contribution in [0.2, 0.25) is 5.02 Å². The molecule has 2 unspecified atom stereocenters. The van der Waals surface area contributed by atoms with Crippen molar-refractivity contribution in [1.29, 1.82) is 0 Å². The highest BCUT2D eigenvalue weighted by atomic mass is 35.5. The zero-order valence-electron chi connectivity index (χ0n) is 23.7. The number of amides is 2. The van der Waals surface area contributed by atoms with E-state index in [2.05, 4.69) is 13.2 Å². The second-order valence-electron chi connectivity index (χ2n) is 11.8. The number of rotatable bonds is 13. The zero-order chi connectivity index (χ0) is 29.2. The first-order valence-electron chi connectivity index (χ1n) is 14.1. The summed E-state index contributed by atoms with van der Waals surface area (Å²) in [5.74, 6) is -2.03. The van der Waals surface area contributed by atoms with Gasteiger partial charge in [0, 0.05) is 22.0 Å². The van der Waals surface area contributed by atoms with E-state index in [1.165, 1.54) is 0 Å². The van der Waals surface area contributed by atoms with Crippen LogP contribution in [0.5, 0.6) is 0 Å². The number of allylic oxidation sites excluding steroid dienone is 1. The van der Waals surface area contributed by atoms with Gasteiger partial charge in [0.05, 0.1) is 35.8 Å². The summed E-state index contributed by atoms with van der Waals surface area (Å²) in [7, 11) is 0. The fourth-order valence-corrected chi connectivity index (χ4v) is 9.38. The maximum atomic E-state index is 14.7. The number of nitrogens with zero attached hydrogens (tertiary/aromatic N) is 2. The molecule has 2 bridgehead atoms. The molecule has 0 aromatic heterocycles. The number of thioether (sulfide) groups is 1. The van der Waals surface area contributed by atoms with Crippen LogP contribution in [0.4, 0.5) is 5.69 Å². The zero-order valence-corrected chi connectivity index (χ0v) is 25.3. The summed E-state index contributed by atoms with van der Waals surface area (Å²) in [6, 6.07) is 5.62. The normalized spacial score (nSPS) is 29.4. The molecule has 3 aliphatic rings. The Morgan fingerprint density at radius 2 is 1.95 bits per heavy atom. The number of ether oxygens (including phenoxy) is 1. The van der Waals surface area contributed by atoms with Crippen LogP contribution in [-0.2, 0) is 19.1 Å². The maximum absolute atomic E-state index is 14.7. The lowest BCUT2D eigenvalue weighted by Gasteiger charge is -2.40. The molecule has 3 fully saturated rings. The minimum absolute atomic E-state index is 0.186. The molecule has 1 aromatic rings. The molecule has 3 saturated heterocycles. The van der Waals surface area contributed by atoms with Crippen LogP contribution >= 0.6 is 23.4 Å². The van der Waals surface area contributed by atoms with E-state index in [9.17, 15) is 19.5 Å². The minimum atomic E-state index is -0.845. The molecule has 0 radical (unpaired) electrons. The number of hydrogen-bond donors (Lipinski definition) is 1. The lowest BCUT2D eigenvalue weighted by molar-refractivity contribution is -0.156. The summed E-state index contributed by atoms with van der Waals surface area (Å²) in [4.78, 5) is 45.9. The predicted molar refractivity (Wildman–Crippen MR) is 160 cm³/mol. The van der Waals surface area contributed by atoms with Gasteiger partial charge in [-0.15, -0.1) is 24.9 Å². The molecule has 40 heavy (non-hydrogen) atoms. The fraction of sp³-hybridized carbons (Fsp3) is 0.581. The molecular formula is C31H41ClN2O5S. The molecule has 3 heterocycles. The molecule has 9 heteroatoms. The van der Waals surface area contributed by atoms with Gasteiger partial charge < -0.3 is 19.6 Å². The molecule has 0 aliphatic carbocycles. The van der Waals surface area contributed by atoms with Gasteiger partial charge in [0.1, 0.15) is 6.04 Å². The van der Waals surface area contributed by atoms with E-state index < -0.39 is 33.4 Å². The highest BCUT2D eigenvalue weighted by Gasteiger charge is 2.78. The monoisotopic (exact) mass is 588 g/mol. The Balaban J connectivity index is 1.79. The molecule has 0 saturated carbocycles. The third-order valence-corrected chi connectivity index (χ3v) is 10.8. The third kappa shape index (κ3) is 5.35. The Labute approximate surface area is 246 Å². The molecular weight excluding hydrogens is 548 g/mol. The lowest BCUT2D eigenvalue weighted by Crippen LogP contribution is -2.57. The number of carbonyl (C=O) groups excluding carboxylic acids is 3. The van der Waals surface area contributed by atoms with Crippen LogP contribution < -0.4 is 4.90 Å². The van der Waals surface area contributed by atoms with E-state index in [0.717, 1.165) is 6.42 Å². The second-order valence-corrected chi connectivity index (χ2v) is 14.1. The average molecular weight is 589 g/mol. The van der Waals surface area contributed by atoms with Gasteiger partial charge in [-0.3, -0.25) is 14.4 Å². The first-order valence-corrected chi connectivity index (χ1v) is 15.3. The average Bonchev–Trinajstić information content (AvgIpc) is 3.49. The summed E-state index contributed by atoms with van der Waals surface area (Å²) in [6.45, 7) is 13.9. The first kappa shape index (κ1) is 30.7. The Bertz CT molecular complexity index is 1140. The number of hydrogen-bond acceptors (Lipinski definition) is 6. The number of esters is 1. The van der Waals surface area contributed by atoms with Crippen LogP contribution in [0.15, 0.2) is 49.6 Å². The van der Waals surface area contributed by atoms with Crippen molar-refractivity contribution in [2.45, 2.75) is 74.5 Å². The van der Waals surface area contributed by atoms with Gasteiger partial charge in [0.2, 0.25) is 5.91 Å². The van der Waals surface area contributed by atoms with Gasteiger partial charge in [-0.25, -0.2) is 0 Å². The Morgan fingerprint density at radius 3 is 2.55 bits per heavy atom. The number of benzene rings is 1. The standard InChI is InChI=1S/C31H41ClN2O5S/c1-6-8-9-17-39-29(38)25-24-27(36)34(23(19-35)18-20(3)4)26(31(24)15-14-30(25,5)40-31)28(37)33(16-7-2)22-12-10-21(32)11-13-22/h6-7,10-13,20,23-26,35H,1-2,8-9,14-19H2,3-5H3/t23-,24+,25-,26?,30+,31?/m1/s1. The van der Waals surface area contributed by atoms with Crippen LogP contribution in [0, 0.1) is 17.8 Å². The van der Waals surface area contributed by atoms with Crippen molar-refractivity contribution >= 4 is 46.8 Å². The Kier molecular flexibility index (Phi) is 9.42. The van der Waals surface area contributed by atoms with Crippen molar-refractivity contribution in [2.24, 2.45) is 17.8 Å². The maximum Gasteiger partial charge on any atom is 0.311 e. The van der Waals surface area contributed by atoms with Gasteiger partial charge in [-0.1, -0.05) is 37.6 Å². The predicted octanol–water partition coefficient (Wildman–Crippen LogP) is 5.26. The van der Waals surface area contributed by atoms with Crippen molar-refractivity contribution in [1.82, 2.24) is 4.90 Å². The van der Waals surface area contributed by atoms with Gasteiger partial charge in [0.25, 0.3) is 5.91 Å². The van der Waals surface area contributed by atoms with Crippen LogP contribution in [0.1, 0.15) is 52.9 Å². The van der Waals surface area contributed by atoms with Crippen molar-refractivity contribution < 1.29 is 24.2 Å². The molecule has 3 aliphatic heterocycles. The first-order chi connectivity index (χ1) is 19.0. The van der Waals surface area contributed by atoms with E-state index in [1.54, 1.807) is 58.0 Å². The van der Waals surface area contributed by atoms with E-state index in [4.69, 9.17) is 16.3 Å². The van der Waals surface area contributed by atoms with Crippen LogP contribution in [0.25, 0.3) is 0 Å². The number of aliphatic hydroxyl groups is 1. The summed E-state index contributed by atoms with van der Waals surface area (Å²) < 4.78 is 4.39. The van der Waals surface area contributed by atoms with Crippen molar-refractivity contribution in [2.75, 3.05) is 24.7 Å². The molecule has 1 spiro atoms. The van der Waals surface area contributed by atoms with E-state index in [0.29, 0.717) is 36.4 Å². The Hall–Kier alpha value is -2.29. The van der Waals surface area contributed by atoms with Gasteiger partial charge >= 0.3 is 5.97 Å². The number of fused-ring (bicyclic) bond motifs is 1. The van der Waals surface area contributed by atoms with E-state index in [-0.39, 0.29) is 43.5 Å². The topological polar surface area (TPSA) is 87.1 Å². The molecule has 6 atom stereocenters. The molecule has 1 aromatic carbocycles. The highest BCUT2D eigenvalue weighted by Crippen LogP contribution is 2.72. The number of halogens is 1. The molecule has 218 valence electrons. The Morgan fingerprint density at radius 1 is 1.25 bits per heavy atom. The van der Waals surface area contributed by atoms with Crippen LogP contribution in [-0.4, -0.2) is 69.1 Å². The molecule has 2 amide bonds. The largest absolute Gasteiger partial charge is 0.465 e. The van der Waals surface area contributed by atoms with Gasteiger partial charge in [-0.05, 0) is 69.2 Å². The number of aliphatic hydroxyl groups excluding tert-OH is 1. The van der Waals surface area contributed by atoms with E-state index in [1.807, 2.05) is 20.8 Å². The SMILES string of the molecule is C=CCCCOC(=O)[C@H]1[C@H]2C(=O)N([C@@H](CO)CC(C)C)C(C(=O)N(CC=C)c3ccc(Cl)cc3)C23CC[C@]1(C)S3. The number of unbranched alkanes of at least 4 members (excludes halogenated alkanes) is 1. The van der Waals surface area contributed by atoms with Crippen LogP contribution in [0.3, 0.4) is 0 Å². The van der Waals surface area contributed by atoms with Crippen molar-refractivity contribution in [3.63, 3.8) is 0 Å². The third-order valence-electron chi connectivity index (χ3n) is 8.56. The summed E-state index contributed by atoms with van der Waals surface area (Å²) in [5, 5.41) is 11.1. The van der Waals surface area contributed by atoms with Crippen molar-refractivity contribution in [3.8, 4) is 0 Å². The minimum Gasteiger partial charge on any atom is -0.465 e. The summed E-state index contributed by atoms with van der Waals surface area (Å²) >= 11 is 7.73. The summed E-state index contributed by atoms with van der Waals surface area (Å²) in [5.41, 5.74) is 0.646. The number of carbonyl (C=O) groups is 3. The number of anilines is 1. The molecule has 1 N–H and O–H groups in total. The second kappa shape index (κ2) is 12.3. The summed E-state index contributed by atoms with van der Waals surface area (Å²) in [6.07, 6.45) is 6.70. The lowest BCUT2D eigenvalue weighted by atomic mass is 9.66. The molecule has 7 nitrogen and oxygen atoms in total. The van der Waals surface area contributed by atoms with Gasteiger partial charge in [-0.2, -0.15) is 0 Å². The van der Waals surface area contributed by atoms with E-state index >= 15 is 0 Å². The van der Waals surface area contributed by atoms with Gasteiger partial charge in [0.15, 0.2) is 0 Å². The fourth-order valence-electron chi connectivity index (χ4n) is 6.92. The smallest absolute Gasteiger partial charge is 0.311 e. The van der Waals surface area contributed by atoms with Crippen molar-refractivity contribution in [3.05, 3.63) is 54.6 Å². The molecule has 4 rings (SSSR count). The highest BCUT2D eigenvalue weighted by molar-refractivity contribution is 8.02. The quantitative estimate of drug-likeness (QED) is 0.192. The number of likely N-dealkylation sites (tertiary alicyclic amines) is 1.